The van der Waals surface area contributed by atoms with Gasteiger partial charge in [-0.05, 0) is 0 Å². The van der Waals surface area contributed by atoms with E-state index in [9.17, 15) is 17.6 Å². The summed E-state index contributed by atoms with van der Waals surface area (Å²) in [6.45, 7) is -0.422. The Kier molecular flexibility index (Phi) is 3.99. The highest BCUT2D eigenvalue weighted by molar-refractivity contribution is 5.30. The average Bonchev–Trinajstić information content (AvgIpc) is 2.46. The second-order valence-corrected chi connectivity index (χ2v) is 3.62. The van der Waals surface area contributed by atoms with Crippen LogP contribution in [0.1, 0.15) is 5.69 Å². The number of halogens is 4. The lowest BCUT2D eigenvalue weighted by Crippen LogP contribution is -2.10. The third-order valence-corrected chi connectivity index (χ3v) is 2.29. The fraction of sp³-hybridized carbons (Fsp3) is 0.0909. The maximum Gasteiger partial charge on any atom is 0.203 e. The maximum absolute atomic E-state index is 13.3. The minimum Gasteiger partial charge on any atom is -0.481 e. The number of anilines is 1. The molecule has 0 bridgehead atoms. The first kappa shape index (κ1) is 14.0. The molecule has 0 unspecified atom stereocenters. The molecule has 0 aliphatic carbocycles. The molecule has 1 aromatic carbocycles. The van der Waals surface area contributed by atoms with Gasteiger partial charge < -0.3 is 10.2 Å². The Morgan fingerprint density at radius 1 is 1.05 bits per heavy atom. The van der Waals surface area contributed by atoms with Crippen molar-refractivity contribution in [2.45, 2.75) is 6.61 Å². The predicted molar refractivity (Wildman–Crippen MR) is 60.4 cm³/mol. The van der Waals surface area contributed by atoms with E-state index in [1.165, 1.54) is 12.4 Å². The van der Waals surface area contributed by atoms with Crippen molar-refractivity contribution >= 4 is 5.82 Å². The van der Waals surface area contributed by atoms with Gasteiger partial charge in [0.15, 0.2) is 23.2 Å². The monoisotopic (exact) mass is 288 g/mol. The van der Waals surface area contributed by atoms with E-state index < -0.39 is 35.6 Å². The molecule has 0 saturated heterocycles. The van der Waals surface area contributed by atoms with Crippen molar-refractivity contribution in [1.29, 1.82) is 0 Å². The number of hydrazine groups is 1. The van der Waals surface area contributed by atoms with Gasteiger partial charge in [-0.1, -0.05) is 0 Å². The largest absolute Gasteiger partial charge is 0.481 e. The Morgan fingerprint density at radius 2 is 1.70 bits per heavy atom. The van der Waals surface area contributed by atoms with E-state index in [1.807, 2.05) is 0 Å². The quantitative estimate of drug-likeness (QED) is 0.389. The third-order valence-electron chi connectivity index (χ3n) is 2.29. The molecular formula is C11H8F4N4O. The summed E-state index contributed by atoms with van der Waals surface area (Å²) in [5.74, 6) is -2.13. The number of nitrogen functional groups attached to an aromatic ring is 1. The Morgan fingerprint density at radius 3 is 2.20 bits per heavy atom. The van der Waals surface area contributed by atoms with Crippen LogP contribution < -0.4 is 16.0 Å². The summed E-state index contributed by atoms with van der Waals surface area (Å²) in [7, 11) is 0. The van der Waals surface area contributed by atoms with Gasteiger partial charge in [-0.2, -0.15) is 8.78 Å². The van der Waals surface area contributed by atoms with Gasteiger partial charge in [0.1, 0.15) is 6.61 Å². The predicted octanol–water partition coefficient (Wildman–Crippen LogP) is 1.90. The standard InChI is InChI=1S/C11H8F4N4O/c12-6-1-7(13)10(15)11(9(6)14)20-4-5-2-18-8(19-16)3-17-5/h1-3H,4,16H2,(H,18,19). The number of hydrogen-bond donors (Lipinski definition) is 2. The molecule has 20 heavy (non-hydrogen) atoms. The van der Waals surface area contributed by atoms with Crippen molar-refractivity contribution < 1.29 is 22.3 Å². The van der Waals surface area contributed by atoms with E-state index >= 15 is 0 Å². The zero-order valence-corrected chi connectivity index (χ0v) is 9.83. The van der Waals surface area contributed by atoms with Crippen molar-refractivity contribution in [3.63, 3.8) is 0 Å². The van der Waals surface area contributed by atoms with Crippen molar-refractivity contribution in [2.75, 3.05) is 5.43 Å². The fourth-order valence-corrected chi connectivity index (χ4v) is 1.33. The molecule has 0 radical (unpaired) electrons. The van der Waals surface area contributed by atoms with Crippen LogP contribution in [0, 0.1) is 23.3 Å². The van der Waals surface area contributed by atoms with Crippen LogP contribution in [0.15, 0.2) is 18.5 Å². The molecule has 0 saturated carbocycles. The number of aromatic nitrogens is 2. The van der Waals surface area contributed by atoms with Crippen LogP contribution in [-0.2, 0) is 6.61 Å². The number of nitrogens with one attached hydrogen (secondary N) is 1. The zero-order valence-electron chi connectivity index (χ0n) is 9.83. The minimum absolute atomic E-state index is 0.0963. The summed E-state index contributed by atoms with van der Waals surface area (Å²) < 4.78 is 57.2. The molecule has 3 N–H and O–H groups in total. The molecule has 9 heteroatoms. The number of nitrogens with two attached hydrogens (primary N) is 1. The number of ether oxygens (including phenoxy) is 1. The highest BCUT2D eigenvalue weighted by Gasteiger charge is 2.20. The highest BCUT2D eigenvalue weighted by Crippen LogP contribution is 2.26. The second-order valence-electron chi connectivity index (χ2n) is 3.62. The molecule has 0 aliphatic rings. The second kappa shape index (κ2) is 5.70. The van der Waals surface area contributed by atoms with Crippen molar-refractivity contribution in [3.05, 3.63) is 47.4 Å². The lowest BCUT2D eigenvalue weighted by Gasteiger charge is -2.09. The lowest BCUT2D eigenvalue weighted by atomic mass is 10.3. The summed E-state index contributed by atoms with van der Waals surface area (Å²) in [4.78, 5) is 7.58. The first-order valence-electron chi connectivity index (χ1n) is 5.26. The number of nitrogens with zero attached hydrogens (tertiary/aromatic N) is 2. The van der Waals surface area contributed by atoms with Crippen molar-refractivity contribution in [1.82, 2.24) is 9.97 Å². The molecule has 0 amide bonds. The smallest absolute Gasteiger partial charge is 0.203 e. The molecule has 0 atom stereocenters. The van der Waals surface area contributed by atoms with E-state index in [2.05, 4.69) is 15.4 Å². The number of benzene rings is 1. The van der Waals surface area contributed by atoms with E-state index in [0.29, 0.717) is 0 Å². The molecule has 0 fully saturated rings. The van der Waals surface area contributed by atoms with Gasteiger partial charge in [0.25, 0.3) is 0 Å². The van der Waals surface area contributed by atoms with Gasteiger partial charge in [-0.3, -0.25) is 4.98 Å². The zero-order chi connectivity index (χ0) is 14.7. The van der Waals surface area contributed by atoms with Crippen LogP contribution in [-0.4, -0.2) is 9.97 Å². The van der Waals surface area contributed by atoms with Crippen molar-refractivity contribution in [3.8, 4) is 5.75 Å². The molecule has 1 aromatic heterocycles. The Hall–Kier alpha value is -2.42. The normalized spacial score (nSPS) is 10.4. The molecule has 1 heterocycles. The fourth-order valence-electron chi connectivity index (χ4n) is 1.33. The van der Waals surface area contributed by atoms with Crippen LogP contribution in [0.4, 0.5) is 23.4 Å². The van der Waals surface area contributed by atoms with Crippen LogP contribution >= 0.6 is 0 Å². The molecule has 5 nitrogen and oxygen atoms in total. The SMILES string of the molecule is NNc1cnc(COc2c(F)c(F)cc(F)c2F)cn1. The topological polar surface area (TPSA) is 73.1 Å². The summed E-state index contributed by atoms with van der Waals surface area (Å²) in [6, 6.07) is 0.0963. The summed E-state index contributed by atoms with van der Waals surface area (Å²) >= 11 is 0. The summed E-state index contributed by atoms with van der Waals surface area (Å²) in [5.41, 5.74) is 2.41. The van der Waals surface area contributed by atoms with E-state index in [1.54, 1.807) is 0 Å². The average molecular weight is 288 g/mol. The molecule has 2 rings (SSSR count). The van der Waals surface area contributed by atoms with E-state index in [-0.39, 0.29) is 17.6 Å². The molecule has 0 spiro atoms. The third kappa shape index (κ3) is 2.77. The van der Waals surface area contributed by atoms with Crippen LogP contribution in [0.2, 0.25) is 0 Å². The van der Waals surface area contributed by atoms with Gasteiger partial charge >= 0.3 is 0 Å². The summed E-state index contributed by atoms with van der Waals surface area (Å²) in [5, 5.41) is 0. The van der Waals surface area contributed by atoms with Gasteiger partial charge in [0.05, 0.1) is 18.1 Å². The Balaban J connectivity index is 2.18. The first-order chi connectivity index (χ1) is 9.52. The Bertz CT molecular complexity index is 595. The van der Waals surface area contributed by atoms with Crippen LogP contribution in [0.5, 0.6) is 5.75 Å². The van der Waals surface area contributed by atoms with E-state index in [0.717, 1.165) is 0 Å². The van der Waals surface area contributed by atoms with E-state index in [4.69, 9.17) is 10.6 Å². The van der Waals surface area contributed by atoms with Crippen molar-refractivity contribution in [2.24, 2.45) is 5.84 Å². The minimum atomic E-state index is -1.61. The van der Waals surface area contributed by atoms with Crippen LogP contribution in [0.25, 0.3) is 0 Å². The van der Waals surface area contributed by atoms with Gasteiger partial charge in [-0.15, -0.1) is 0 Å². The van der Waals surface area contributed by atoms with Crippen LogP contribution in [0.3, 0.4) is 0 Å². The first-order valence-corrected chi connectivity index (χ1v) is 5.26. The summed E-state index contributed by atoms with van der Waals surface area (Å²) in [6.07, 6.45) is 2.47. The van der Waals surface area contributed by atoms with Gasteiger partial charge in [0, 0.05) is 6.07 Å². The molecule has 2 aromatic rings. The van der Waals surface area contributed by atoms with Gasteiger partial charge in [-0.25, -0.2) is 19.6 Å². The Labute approximate surface area is 110 Å². The maximum atomic E-state index is 13.3. The highest BCUT2D eigenvalue weighted by atomic mass is 19.2. The lowest BCUT2D eigenvalue weighted by molar-refractivity contribution is 0.258. The molecular weight excluding hydrogens is 280 g/mol. The molecule has 106 valence electrons. The molecule has 0 aliphatic heterocycles. The number of rotatable bonds is 4. The number of hydrogen-bond acceptors (Lipinski definition) is 5. The van der Waals surface area contributed by atoms with Gasteiger partial charge in [0.2, 0.25) is 11.6 Å².